The van der Waals surface area contributed by atoms with Crippen molar-refractivity contribution >= 4 is 73.1 Å². The van der Waals surface area contributed by atoms with Gasteiger partial charge in [-0.25, -0.2) is 9.59 Å². The number of halogens is 4. The quantitative estimate of drug-likeness (QED) is 0.299. The highest BCUT2D eigenvalue weighted by Crippen LogP contribution is 2.36. The van der Waals surface area contributed by atoms with E-state index in [0.717, 1.165) is 5.57 Å². The summed E-state index contributed by atoms with van der Waals surface area (Å²) in [6.07, 6.45) is -1.06. The number of carbonyl (C=O) groups excluding carboxylic acids is 2. The Kier molecular flexibility index (Phi) is 9.85. The van der Waals surface area contributed by atoms with Crippen LogP contribution in [0.5, 0.6) is 5.75 Å². The first-order valence-corrected chi connectivity index (χ1v) is 11.0. The van der Waals surface area contributed by atoms with Gasteiger partial charge in [-0.15, -0.1) is 0 Å². The summed E-state index contributed by atoms with van der Waals surface area (Å²) in [6, 6.07) is 2.42. The molecule has 8 nitrogen and oxygen atoms in total. The number of allylic oxidation sites excluding steroid dienone is 1. The topological polar surface area (TPSA) is 108 Å². The van der Waals surface area contributed by atoms with Crippen molar-refractivity contribution in [1.29, 1.82) is 0 Å². The van der Waals surface area contributed by atoms with Crippen molar-refractivity contribution in [3.05, 3.63) is 38.8 Å². The molecule has 0 saturated carbocycles. The molecule has 1 amide bonds. The van der Waals surface area contributed by atoms with E-state index in [-0.39, 0.29) is 27.0 Å². The smallest absolute Gasteiger partial charge is 0.423 e. The number of nitrogens with one attached hydrogen (secondary N) is 1. The van der Waals surface area contributed by atoms with Crippen LogP contribution < -0.4 is 8.91 Å². The second-order valence-corrected chi connectivity index (χ2v) is 8.55. The Labute approximate surface area is 185 Å². The summed E-state index contributed by atoms with van der Waals surface area (Å²) < 4.78 is 39.9. The molecule has 28 heavy (non-hydrogen) atoms. The predicted octanol–water partition coefficient (Wildman–Crippen LogP) is 4.27. The fourth-order valence-electron chi connectivity index (χ4n) is 1.58. The molecule has 1 rings (SSSR count). The normalized spacial score (nSPS) is 11.9. The van der Waals surface area contributed by atoms with Gasteiger partial charge in [-0.2, -0.15) is 13.1 Å². The van der Waals surface area contributed by atoms with Crippen LogP contribution in [0.3, 0.4) is 0 Å². The Bertz CT molecular complexity index is 849. The zero-order valence-electron chi connectivity index (χ0n) is 14.5. The Hall–Kier alpha value is -1.20. The van der Waals surface area contributed by atoms with E-state index < -0.39 is 34.2 Å². The van der Waals surface area contributed by atoms with Gasteiger partial charge in [-0.1, -0.05) is 56.3 Å². The van der Waals surface area contributed by atoms with Gasteiger partial charge < -0.3 is 13.7 Å². The van der Waals surface area contributed by atoms with Crippen LogP contribution in [0.4, 0.5) is 4.79 Å². The monoisotopic (exact) mass is 537 g/mol. The molecule has 0 aliphatic rings. The third-order valence-electron chi connectivity index (χ3n) is 2.63. The van der Waals surface area contributed by atoms with E-state index in [1.165, 1.54) is 22.9 Å². The van der Waals surface area contributed by atoms with Gasteiger partial charge in [0.15, 0.2) is 5.75 Å². The van der Waals surface area contributed by atoms with E-state index in [1.807, 2.05) is 0 Å². The molecule has 0 aliphatic heterocycles. The number of carbonyl (C=O) groups is 2. The van der Waals surface area contributed by atoms with Crippen LogP contribution in [-0.4, -0.2) is 38.5 Å². The number of benzene rings is 1. The van der Waals surface area contributed by atoms with Crippen LogP contribution in [0.1, 0.15) is 13.8 Å². The van der Waals surface area contributed by atoms with Crippen molar-refractivity contribution in [3.8, 4) is 5.75 Å². The lowest BCUT2D eigenvalue weighted by Crippen LogP contribution is -2.38. The molecule has 1 unspecified atom stereocenters. The number of ether oxygens (including phenoxy) is 2. The summed E-state index contributed by atoms with van der Waals surface area (Å²) in [4.78, 5) is 23.3. The van der Waals surface area contributed by atoms with Gasteiger partial charge in [-0.05, 0) is 26.0 Å². The molecule has 0 spiro atoms. The molecule has 0 radical (unpaired) electrons. The standard InChI is InChI=1S/C15H15BrCl3NO7S/c1-8(2)3-13(21)25-7-10(6-16)26-15(22)20-28(23,24)27-14-11(18)4-9(17)5-12(14)19/h3-5,10H,6-7H2,1-2H3,(H,20,22). The van der Waals surface area contributed by atoms with Crippen molar-refractivity contribution in [1.82, 2.24) is 4.72 Å². The molecule has 1 N–H and O–H groups in total. The fraction of sp³-hybridized carbons (Fsp3) is 0.333. The second kappa shape index (κ2) is 11.1. The maximum atomic E-state index is 12.0. The van der Waals surface area contributed by atoms with E-state index in [9.17, 15) is 18.0 Å². The molecule has 1 aromatic rings. The van der Waals surface area contributed by atoms with E-state index in [2.05, 4.69) is 20.1 Å². The van der Waals surface area contributed by atoms with Crippen LogP contribution in [-0.2, 0) is 24.6 Å². The van der Waals surface area contributed by atoms with Gasteiger partial charge in [0.05, 0.1) is 10.0 Å². The summed E-state index contributed by atoms with van der Waals surface area (Å²) in [6.45, 7) is 3.12. The first kappa shape index (κ1) is 24.8. The van der Waals surface area contributed by atoms with E-state index in [1.54, 1.807) is 13.8 Å². The largest absolute Gasteiger partial charge is 0.459 e. The summed E-state index contributed by atoms with van der Waals surface area (Å²) in [5.74, 6) is -1.04. The minimum absolute atomic E-state index is 0.0816. The lowest BCUT2D eigenvalue weighted by Gasteiger charge is -2.16. The average molecular weight is 540 g/mol. The maximum Gasteiger partial charge on any atom is 0.423 e. The predicted molar refractivity (Wildman–Crippen MR) is 109 cm³/mol. The molecule has 13 heteroatoms. The van der Waals surface area contributed by atoms with Crippen LogP contribution in [0.15, 0.2) is 23.8 Å². The minimum atomic E-state index is -4.66. The summed E-state index contributed by atoms with van der Waals surface area (Å²) in [7, 11) is -4.66. The Morgan fingerprint density at radius 3 is 2.29 bits per heavy atom. The Morgan fingerprint density at radius 2 is 1.79 bits per heavy atom. The lowest BCUT2D eigenvalue weighted by molar-refractivity contribution is -0.140. The van der Waals surface area contributed by atoms with Crippen molar-refractivity contribution in [2.45, 2.75) is 20.0 Å². The van der Waals surface area contributed by atoms with E-state index in [4.69, 9.17) is 44.3 Å². The first-order chi connectivity index (χ1) is 12.9. The average Bonchev–Trinajstić information content (AvgIpc) is 2.53. The molecule has 1 aromatic carbocycles. The van der Waals surface area contributed by atoms with Crippen molar-refractivity contribution < 1.29 is 31.7 Å². The molecule has 0 bridgehead atoms. The number of alkyl halides is 1. The number of esters is 1. The third-order valence-corrected chi connectivity index (χ3v) is 4.93. The van der Waals surface area contributed by atoms with Crippen LogP contribution >= 0.6 is 50.7 Å². The molecule has 0 fully saturated rings. The van der Waals surface area contributed by atoms with Crippen LogP contribution in [0, 0.1) is 0 Å². The summed E-state index contributed by atoms with van der Waals surface area (Å²) in [5, 5.41) is -0.116. The Morgan fingerprint density at radius 1 is 1.21 bits per heavy atom. The lowest BCUT2D eigenvalue weighted by atomic mass is 10.3. The molecule has 0 heterocycles. The van der Waals surface area contributed by atoms with Gasteiger partial charge in [-0.3, -0.25) is 0 Å². The van der Waals surface area contributed by atoms with Crippen LogP contribution in [0.2, 0.25) is 15.1 Å². The zero-order valence-corrected chi connectivity index (χ0v) is 19.2. The highest BCUT2D eigenvalue weighted by molar-refractivity contribution is 9.09. The highest BCUT2D eigenvalue weighted by atomic mass is 79.9. The molecule has 0 saturated heterocycles. The van der Waals surface area contributed by atoms with Crippen molar-refractivity contribution in [2.24, 2.45) is 0 Å². The van der Waals surface area contributed by atoms with E-state index in [0.29, 0.717) is 0 Å². The number of hydrogen-bond acceptors (Lipinski definition) is 7. The molecule has 0 aliphatic carbocycles. The summed E-state index contributed by atoms with van der Waals surface area (Å²) in [5.41, 5.74) is 0.724. The minimum Gasteiger partial charge on any atom is -0.459 e. The van der Waals surface area contributed by atoms with Gasteiger partial charge in [0, 0.05) is 16.4 Å². The zero-order chi connectivity index (χ0) is 21.5. The highest BCUT2D eigenvalue weighted by Gasteiger charge is 2.24. The molecular weight excluding hydrogens is 524 g/mol. The van der Waals surface area contributed by atoms with Gasteiger partial charge in [0.2, 0.25) is 0 Å². The van der Waals surface area contributed by atoms with Gasteiger partial charge in [0.1, 0.15) is 12.7 Å². The van der Waals surface area contributed by atoms with E-state index >= 15 is 0 Å². The Balaban J connectivity index is 2.69. The molecule has 1 atom stereocenters. The molecule has 156 valence electrons. The number of hydrogen-bond donors (Lipinski definition) is 1. The SMILES string of the molecule is CC(C)=CC(=O)OCC(CBr)OC(=O)NS(=O)(=O)Oc1c(Cl)cc(Cl)cc1Cl. The third kappa shape index (κ3) is 8.87. The van der Waals surface area contributed by atoms with Crippen LogP contribution in [0.25, 0.3) is 0 Å². The second-order valence-electron chi connectivity index (χ2n) is 5.37. The number of rotatable bonds is 8. The first-order valence-electron chi connectivity index (χ1n) is 7.38. The van der Waals surface area contributed by atoms with Gasteiger partial charge in [0.25, 0.3) is 0 Å². The summed E-state index contributed by atoms with van der Waals surface area (Å²) >= 11 is 20.4. The molecule has 0 aromatic heterocycles. The van der Waals surface area contributed by atoms with Crippen molar-refractivity contribution in [2.75, 3.05) is 11.9 Å². The number of amides is 1. The fourth-order valence-corrected chi connectivity index (χ4v) is 3.58. The maximum absolute atomic E-state index is 12.0. The van der Waals surface area contributed by atoms with Crippen molar-refractivity contribution in [3.63, 3.8) is 0 Å². The van der Waals surface area contributed by atoms with Gasteiger partial charge >= 0.3 is 22.4 Å². The molecular formula is C15H15BrCl3NO7S.